The number of nitrogens with zero attached hydrogens (tertiary/aromatic N) is 2. The molecule has 0 aromatic carbocycles. The summed E-state index contributed by atoms with van der Waals surface area (Å²) < 4.78 is 5.78. The first-order valence-corrected chi connectivity index (χ1v) is 6.31. The van der Waals surface area contributed by atoms with Crippen LogP contribution in [0.4, 0.5) is 5.82 Å². The van der Waals surface area contributed by atoms with Crippen molar-refractivity contribution in [3.8, 4) is 5.75 Å². The number of thioether (sulfide) groups is 1. The van der Waals surface area contributed by atoms with Crippen molar-refractivity contribution in [2.45, 2.75) is 23.8 Å². The number of hydrogen-bond donors (Lipinski definition) is 0. The molecule has 0 saturated heterocycles. The number of rotatable bonds is 4. The molecule has 0 unspecified atom stereocenters. The second-order valence-electron chi connectivity index (χ2n) is 3.90. The number of aromatic nitrogens is 1. The molecule has 1 fully saturated rings. The van der Waals surface area contributed by atoms with Crippen molar-refractivity contribution in [1.82, 2.24) is 4.98 Å². The summed E-state index contributed by atoms with van der Waals surface area (Å²) in [5.74, 6) is 1.90. The third-order valence-corrected chi connectivity index (χ3v) is 3.07. The van der Waals surface area contributed by atoms with Gasteiger partial charge in [0.2, 0.25) is 0 Å². The maximum Gasteiger partial charge on any atom is 0.151 e. The smallest absolute Gasteiger partial charge is 0.151 e. The van der Waals surface area contributed by atoms with Crippen molar-refractivity contribution < 1.29 is 4.74 Å². The van der Waals surface area contributed by atoms with Gasteiger partial charge in [0.25, 0.3) is 0 Å². The van der Waals surface area contributed by atoms with E-state index in [1.807, 2.05) is 25.2 Å². The van der Waals surface area contributed by atoms with Crippen molar-refractivity contribution in [2.75, 3.05) is 25.3 Å². The van der Waals surface area contributed by atoms with Gasteiger partial charge in [0.05, 0.1) is 17.2 Å². The summed E-state index contributed by atoms with van der Waals surface area (Å²) in [6, 6.07) is 2.07. The molecule has 1 saturated carbocycles. The lowest BCUT2D eigenvalue weighted by Crippen LogP contribution is -2.11. The standard InChI is InChI=1S/C11H16N2OS/c1-13(2)11-6-10(15-3)9(7-12-11)14-8-4-5-8/h6-8H,4-5H2,1-3H3. The van der Waals surface area contributed by atoms with Crippen LogP contribution in [0, 0.1) is 0 Å². The Hall–Kier alpha value is -0.900. The van der Waals surface area contributed by atoms with E-state index in [9.17, 15) is 0 Å². The Kier molecular flexibility index (Phi) is 3.05. The Balaban J connectivity index is 2.21. The van der Waals surface area contributed by atoms with E-state index in [1.165, 1.54) is 17.7 Å². The third-order valence-electron chi connectivity index (χ3n) is 2.31. The predicted octanol–water partition coefficient (Wildman–Crippen LogP) is 2.41. The van der Waals surface area contributed by atoms with Gasteiger partial charge in [0.1, 0.15) is 5.82 Å². The predicted molar refractivity (Wildman–Crippen MR) is 64.0 cm³/mol. The Morgan fingerprint density at radius 1 is 1.47 bits per heavy atom. The van der Waals surface area contributed by atoms with Gasteiger partial charge in [-0.3, -0.25) is 0 Å². The highest BCUT2D eigenvalue weighted by Crippen LogP contribution is 2.34. The second-order valence-corrected chi connectivity index (χ2v) is 4.75. The molecule has 1 heterocycles. The normalized spacial score (nSPS) is 15.1. The van der Waals surface area contributed by atoms with E-state index in [0.717, 1.165) is 11.6 Å². The Bertz CT molecular complexity index is 350. The Morgan fingerprint density at radius 2 is 2.20 bits per heavy atom. The van der Waals surface area contributed by atoms with Gasteiger partial charge in [-0.25, -0.2) is 4.98 Å². The summed E-state index contributed by atoms with van der Waals surface area (Å²) >= 11 is 1.71. The molecule has 0 aliphatic heterocycles. The van der Waals surface area contributed by atoms with Gasteiger partial charge in [-0.05, 0) is 25.2 Å². The molecule has 0 radical (unpaired) electrons. The zero-order valence-corrected chi connectivity index (χ0v) is 10.2. The fraction of sp³-hybridized carbons (Fsp3) is 0.545. The lowest BCUT2D eigenvalue weighted by atomic mass is 10.4. The quantitative estimate of drug-likeness (QED) is 0.733. The first kappa shape index (κ1) is 10.6. The van der Waals surface area contributed by atoms with Crippen LogP contribution in [0.5, 0.6) is 5.75 Å². The molecule has 1 aromatic rings. The summed E-state index contributed by atoms with van der Waals surface area (Å²) in [6.07, 6.45) is 6.70. The van der Waals surface area contributed by atoms with Gasteiger partial charge >= 0.3 is 0 Å². The molecule has 1 aliphatic carbocycles. The maximum atomic E-state index is 5.78. The average molecular weight is 224 g/mol. The van der Waals surface area contributed by atoms with Crippen LogP contribution in [0.1, 0.15) is 12.8 Å². The fourth-order valence-electron chi connectivity index (χ4n) is 1.27. The number of hydrogen-bond acceptors (Lipinski definition) is 4. The topological polar surface area (TPSA) is 25.4 Å². The summed E-state index contributed by atoms with van der Waals surface area (Å²) in [7, 11) is 3.99. The van der Waals surface area contributed by atoms with Crippen LogP contribution in [-0.4, -0.2) is 31.4 Å². The molecule has 2 rings (SSSR count). The van der Waals surface area contributed by atoms with Crippen molar-refractivity contribution in [2.24, 2.45) is 0 Å². The highest BCUT2D eigenvalue weighted by atomic mass is 32.2. The molecule has 15 heavy (non-hydrogen) atoms. The van der Waals surface area contributed by atoms with Gasteiger partial charge in [0.15, 0.2) is 5.75 Å². The van der Waals surface area contributed by atoms with Crippen LogP contribution in [0.3, 0.4) is 0 Å². The van der Waals surface area contributed by atoms with Gasteiger partial charge in [-0.2, -0.15) is 0 Å². The molecule has 82 valence electrons. The molecule has 0 amide bonds. The minimum absolute atomic E-state index is 0.433. The van der Waals surface area contributed by atoms with Crippen molar-refractivity contribution in [1.29, 1.82) is 0 Å². The van der Waals surface area contributed by atoms with Gasteiger partial charge in [-0.15, -0.1) is 11.8 Å². The minimum atomic E-state index is 0.433. The SMILES string of the molecule is CSc1cc(N(C)C)ncc1OC1CC1. The molecule has 1 aliphatic rings. The number of ether oxygens (including phenoxy) is 1. The van der Waals surface area contributed by atoms with Gasteiger partial charge in [0, 0.05) is 14.1 Å². The summed E-state index contributed by atoms with van der Waals surface area (Å²) in [6.45, 7) is 0. The van der Waals surface area contributed by atoms with Gasteiger partial charge < -0.3 is 9.64 Å². The van der Waals surface area contributed by atoms with Crippen LogP contribution in [0.15, 0.2) is 17.2 Å². The monoisotopic (exact) mass is 224 g/mol. The van der Waals surface area contributed by atoms with Crippen molar-refractivity contribution >= 4 is 17.6 Å². The Labute approximate surface area is 94.8 Å². The van der Waals surface area contributed by atoms with E-state index < -0.39 is 0 Å². The van der Waals surface area contributed by atoms with E-state index in [0.29, 0.717) is 6.10 Å². The molecule has 3 nitrogen and oxygen atoms in total. The fourth-order valence-corrected chi connectivity index (χ4v) is 1.80. The lowest BCUT2D eigenvalue weighted by molar-refractivity contribution is 0.295. The lowest BCUT2D eigenvalue weighted by Gasteiger charge is -2.14. The zero-order valence-electron chi connectivity index (χ0n) is 9.36. The molecule has 0 N–H and O–H groups in total. The first-order chi connectivity index (χ1) is 7.20. The van der Waals surface area contributed by atoms with Crippen molar-refractivity contribution in [3.63, 3.8) is 0 Å². The molecule has 0 atom stereocenters. The molecular formula is C11H16N2OS. The highest BCUT2D eigenvalue weighted by molar-refractivity contribution is 7.98. The summed E-state index contributed by atoms with van der Waals surface area (Å²) in [4.78, 5) is 7.52. The molecule has 1 aromatic heterocycles. The van der Waals surface area contributed by atoms with E-state index in [2.05, 4.69) is 17.3 Å². The molecular weight excluding hydrogens is 208 g/mol. The van der Waals surface area contributed by atoms with Crippen molar-refractivity contribution in [3.05, 3.63) is 12.3 Å². The molecule has 4 heteroatoms. The second kappa shape index (κ2) is 4.31. The van der Waals surface area contributed by atoms with Crippen LogP contribution < -0.4 is 9.64 Å². The van der Waals surface area contributed by atoms with Crippen LogP contribution in [0.25, 0.3) is 0 Å². The number of anilines is 1. The van der Waals surface area contributed by atoms with E-state index in [1.54, 1.807) is 11.8 Å². The summed E-state index contributed by atoms with van der Waals surface area (Å²) in [5.41, 5.74) is 0. The zero-order chi connectivity index (χ0) is 10.8. The van der Waals surface area contributed by atoms with E-state index >= 15 is 0 Å². The van der Waals surface area contributed by atoms with Crippen LogP contribution in [0.2, 0.25) is 0 Å². The van der Waals surface area contributed by atoms with Crippen LogP contribution in [-0.2, 0) is 0 Å². The third kappa shape index (κ3) is 2.56. The van der Waals surface area contributed by atoms with Gasteiger partial charge in [-0.1, -0.05) is 0 Å². The highest BCUT2D eigenvalue weighted by Gasteiger charge is 2.24. The maximum absolute atomic E-state index is 5.78. The average Bonchev–Trinajstić information content (AvgIpc) is 3.02. The summed E-state index contributed by atoms with van der Waals surface area (Å²) in [5, 5.41) is 0. The number of pyridine rings is 1. The first-order valence-electron chi connectivity index (χ1n) is 5.08. The van der Waals surface area contributed by atoms with E-state index in [4.69, 9.17) is 4.74 Å². The van der Waals surface area contributed by atoms with E-state index in [-0.39, 0.29) is 0 Å². The minimum Gasteiger partial charge on any atom is -0.488 e. The largest absolute Gasteiger partial charge is 0.488 e. The van der Waals surface area contributed by atoms with Crippen LogP contribution >= 0.6 is 11.8 Å². The molecule has 0 bridgehead atoms. The molecule has 0 spiro atoms. The Morgan fingerprint density at radius 3 is 2.73 bits per heavy atom.